The minimum Gasteiger partial charge on any atom is -0.367 e. The molecular formula is C15H24N4O2. The fourth-order valence-electron chi connectivity index (χ4n) is 3.80. The topological polar surface area (TPSA) is 63.4 Å². The van der Waals surface area contributed by atoms with Gasteiger partial charge in [0.25, 0.3) is 0 Å². The molecular weight excluding hydrogens is 268 g/mol. The van der Waals surface area contributed by atoms with E-state index in [-0.39, 0.29) is 11.6 Å². The summed E-state index contributed by atoms with van der Waals surface area (Å²) in [5.74, 6) is 1.42. The van der Waals surface area contributed by atoms with E-state index in [4.69, 9.17) is 9.26 Å². The Morgan fingerprint density at radius 2 is 2.29 bits per heavy atom. The van der Waals surface area contributed by atoms with Crippen LogP contribution in [0.2, 0.25) is 0 Å². The molecule has 0 spiro atoms. The average Bonchev–Trinajstić information content (AvgIpc) is 3.17. The van der Waals surface area contributed by atoms with Crippen LogP contribution in [0.4, 0.5) is 0 Å². The van der Waals surface area contributed by atoms with E-state index in [0.717, 1.165) is 26.1 Å². The third-order valence-electron chi connectivity index (χ3n) is 5.21. The number of fused-ring (bicyclic) bond motifs is 1. The van der Waals surface area contributed by atoms with Gasteiger partial charge in [-0.05, 0) is 52.1 Å². The molecule has 1 aromatic rings. The Morgan fingerprint density at radius 1 is 1.33 bits per heavy atom. The van der Waals surface area contributed by atoms with Crippen LogP contribution in [-0.4, -0.2) is 47.3 Å². The predicted molar refractivity (Wildman–Crippen MR) is 76.8 cm³/mol. The summed E-state index contributed by atoms with van der Waals surface area (Å²) in [6, 6.07) is 0.602. The van der Waals surface area contributed by atoms with E-state index < -0.39 is 0 Å². The molecule has 0 aromatic carbocycles. The molecule has 6 heteroatoms. The van der Waals surface area contributed by atoms with E-state index in [2.05, 4.69) is 27.3 Å². The molecule has 0 amide bonds. The Kier molecular flexibility index (Phi) is 3.47. The van der Waals surface area contributed by atoms with Crippen molar-refractivity contribution in [1.29, 1.82) is 0 Å². The van der Waals surface area contributed by atoms with Gasteiger partial charge >= 0.3 is 0 Å². The maximum Gasteiger partial charge on any atom is 0.246 e. The third-order valence-corrected chi connectivity index (χ3v) is 5.21. The molecule has 4 heterocycles. The molecule has 1 aromatic heterocycles. The zero-order valence-corrected chi connectivity index (χ0v) is 12.7. The highest BCUT2D eigenvalue weighted by Crippen LogP contribution is 2.32. The lowest BCUT2D eigenvalue weighted by atomic mass is 9.91. The largest absolute Gasteiger partial charge is 0.367 e. The summed E-state index contributed by atoms with van der Waals surface area (Å²) in [6.45, 7) is 6.04. The summed E-state index contributed by atoms with van der Waals surface area (Å²) < 4.78 is 11.5. The SMILES string of the molecule is CC1(c2nc(C3CN4CCCC4CO3)no2)CCCCN1. The van der Waals surface area contributed by atoms with Crippen molar-refractivity contribution in [1.82, 2.24) is 20.4 Å². The van der Waals surface area contributed by atoms with Crippen LogP contribution >= 0.6 is 0 Å². The van der Waals surface area contributed by atoms with Crippen LogP contribution in [0.3, 0.4) is 0 Å². The molecule has 0 aliphatic carbocycles. The van der Waals surface area contributed by atoms with E-state index in [0.29, 0.717) is 17.8 Å². The van der Waals surface area contributed by atoms with Crippen molar-refractivity contribution in [2.24, 2.45) is 0 Å². The molecule has 0 radical (unpaired) electrons. The van der Waals surface area contributed by atoms with Crippen LogP contribution in [0, 0.1) is 0 Å². The van der Waals surface area contributed by atoms with Gasteiger partial charge in [-0.3, -0.25) is 4.90 Å². The van der Waals surface area contributed by atoms with Crippen molar-refractivity contribution >= 4 is 0 Å². The number of aromatic nitrogens is 2. The van der Waals surface area contributed by atoms with Gasteiger partial charge in [0.15, 0.2) is 0 Å². The monoisotopic (exact) mass is 292 g/mol. The van der Waals surface area contributed by atoms with E-state index in [1.165, 1.54) is 32.2 Å². The highest BCUT2D eigenvalue weighted by Gasteiger charge is 2.38. The van der Waals surface area contributed by atoms with E-state index in [9.17, 15) is 0 Å². The first-order valence-electron chi connectivity index (χ1n) is 8.19. The van der Waals surface area contributed by atoms with Crippen LogP contribution in [0.1, 0.15) is 56.8 Å². The van der Waals surface area contributed by atoms with E-state index in [1.807, 2.05) is 0 Å². The van der Waals surface area contributed by atoms with Crippen LogP contribution in [0.25, 0.3) is 0 Å². The number of hydrogen-bond acceptors (Lipinski definition) is 6. The summed E-state index contributed by atoms with van der Waals surface area (Å²) in [6.07, 6.45) is 5.97. The molecule has 3 aliphatic rings. The number of nitrogens with zero attached hydrogens (tertiary/aromatic N) is 3. The maximum absolute atomic E-state index is 5.96. The van der Waals surface area contributed by atoms with Crippen molar-refractivity contribution in [2.45, 2.75) is 56.7 Å². The summed E-state index contributed by atoms with van der Waals surface area (Å²) in [5, 5.41) is 7.71. The first-order chi connectivity index (χ1) is 10.2. The lowest BCUT2D eigenvalue weighted by Gasteiger charge is -2.33. The van der Waals surface area contributed by atoms with Gasteiger partial charge in [-0.15, -0.1) is 0 Å². The van der Waals surface area contributed by atoms with Crippen molar-refractivity contribution in [3.63, 3.8) is 0 Å². The molecule has 0 bridgehead atoms. The molecule has 3 fully saturated rings. The van der Waals surface area contributed by atoms with Crippen LogP contribution < -0.4 is 5.32 Å². The number of piperidine rings is 1. The van der Waals surface area contributed by atoms with E-state index in [1.54, 1.807) is 0 Å². The standard InChI is InChI=1S/C15H24N4O2/c1-15(6-2-3-7-16-15)14-17-13(18-21-14)12-9-19-8-4-5-11(19)10-20-12/h11-12,16H,2-10H2,1H3. The van der Waals surface area contributed by atoms with Crippen molar-refractivity contribution in [2.75, 3.05) is 26.2 Å². The van der Waals surface area contributed by atoms with Crippen molar-refractivity contribution < 1.29 is 9.26 Å². The number of nitrogens with one attached hydrogen (secondary N) is 1. The number of hydrogen-bond donors (Lipinski definition) is 1. The molecule has 1 N–H and O–H groups in total. The van der Waals surface area contributed by atoms with Gasteiger partial charge in [-0.25, -0.2) is 0 Å². The van der Waals surface area contributed by atoms with Gasteiger partial charge in [-0.1, -0.05) is 5.16 Å². The van der Waals surface area contributed by atoms with Gasteiger partial charge in [0.1, 0.15) is 6.10 Å². The van der Waals surface area contributed by atoms with Crippen molar-refractivity contribution in [3.05, 3.63) is 11.7 Å². The molecule has 21 heavy (non-hydrogen) atoms. The maximum atomic E-state index is 5.96. The first kappa shape index (κ1) is 13.7. The quantitative estimate of drug-likeness (QED) is 0.893. The van der Waals surface area contributed by atoms with Gasteiger partial charge < -0.3 is 14.6 Å². The predicted octanol–water partition coefficient (Wildman–Crippen LogP) is 1.59. The van der Waals surface area contributed by atoms with Gasteiger partial charge in [0.05, 0.1) is 12.1 Å². The van der Waals surface area contributed by atoms with Crippen LogP contribution in [0.5, 0.6) is 0 Å². The van der Waals surface area contributed by atoms with Gasteiger partial charge in [0, 0.05) is 12.6 Å². The molecule has 0 saturated carbocycles. The van der Waals surface area contributed by atoms with Gasteiger partial charge in [-0.2, -0.15) is 4.98 Å². The number of ether oxygens (including phenoxy) is 1. The first-order valence-corrected chi connectivity index (χ1v) is 8.19. The fraction of sp³-hybridized carbons (Fsp3) is 0.867. The second-order valence-corrected chi connectivity index (χ2v) is 6.79. The Bertz CT molecular complexity index is 498. The molecule has 3 atom stereocenters. The highest BCUT2D eigenvalue weighted by molar-refractivity contribution is 5.05. The highest BCUT2D eigenvalue weighted by atomic mass is 16.5. The molecule has 116 valence electrons. The second-order valence-electron chi connectivity index (χ2n) is 6.79. The molecule has 6 nitrogen and oxygen atoms in total. The second kappa shape index (κ2) is 5.34. The molecule has 3 aliphatic heterocycles. The fourth-order valence-corrected chi connectivity index (χ4v) is 3.80. The van der Waals surface area contributed by atoms with E-state index >= 15 is 0 Å². The summed E-state index contributed by atoms with van der Waals surface area (Å²) in [5.41, 5.74) is -0.172. The van der Waals surface area contributed by atoms with Crippen LogP contribution in [-0.2, 0) is 10.3 Å². The van der Waals surface area contributed by atoms with Crippen molar-refractivity contribution in [3.8, 4) is 0 Å². The Morgan fingerprint density at radius 3 is 3.14 bits per heavy atom. The van der Waals surface area contributed by atoms with Gasteiger partial charge in [0.2, 0.25) is 11.7 Å². The van der Waals surface area contributed by atoms with Crippen LogP contribution in [0.15, 0.2) is 4.52 Å². The number of rotatable bonds is 2. The minimum atomic E-state index is -0.172. The third kappa shape index (κ3) is 2.49. The average molecular weight is 292 g/mol. The Labute approximate surface area is 125 Å². The minimum absolute atomic E-state index is 0.0379. The summed E-state index contributed by atoms with van der Waals surface area (Å²) in [4.78, 5) is 7.16. The summed E-state index contributed by atoms with van der Waals surface area (Å²) in [7, 11) is 0. The Hall–Kier alpha value is -0.980. The summed E-state index contributed by atoms with van der Waals surface area (Å²) >= 11 is 0. The molecule has 3 unspecified atom stereocenters. The molecule has 3 saturated heterocycles. The number of morpholine rings is 1. The zero-order valence-electron chi connectivity index (χ0n) is 12.7. The lowest BCUT2D eigenvalue weighted by molar-refractivity contribution is -0.0548. The normalized spacial score (nSPS) is 37.6. The smallest absolute Gasteiger partial charge is 0.246 e. The molecule has 4 rings (SSSR count). The zero-order chi connectivity index (χ0) is 14.3. The Balaban J connectivity index is 1.49. The lowest BCUT2D eigenvalue weighted by Crippen LogP contribution is -2.44.